The maximum atomic E-state index is 12.1. The van der Waals surface area contributed by atoms with E-state index in [2.05, 4.69) is 26.0 Å². The van der Waals surface area contributed by atoms with Crippen molar-refractivity contribution in [1.82, 2.24) is 0 Å². The van der Waals surface area contributed by atoms with Crippen molar-refractivity contribution in [3.05, 3.63) is 35.9 Å². The minimum Gasteiger partial charge on any atom is -0.466 e. The van der Waals surface area contributed by atoms with Crippen LogP contribution in [0.4, 0.5) is 0 Å². The van der Waals surface area contributed by atoms with Crippen molar-refractivity contribution in [1.29, 1.82) is 0 Å². The van der Waals surface area contributed by atoms with Gasteiger partial charge in [-0.05, 0) is 25.3 Å². The highest BCUT2D eigenvalue weighted by Gasteiger charge is 2.69. The number of carbonyl (C=O) groups is 1. The molecule has 1 saturated carbocycles. The highest BCUT2D eigenvalue weighted by atomic mass is 16.5. The summed E-state index contributed by atoms with van der Waals surface area (Å²) in [7, 11) is 0. The molecular formula is C15H20O2. The standard InChI is InChI=1S/C15H20O2/c1-4-15(13(16)17-5-2)11-14(15,3)12-9-7-6-8-10-12/h6-10H,4-5,11H2,1-3H3/t14-,15-/m1/s1. The van der Waals surface area contributed by atoms with E-state index in [4.69, 9.17) is 4.74 Å². The predicted molar refractivity (Wildman–Crippen MR) is 67.8 cm³/mol. The third-order valence-corrected chi connectivity index (χ3v) is 4.27. The highest BCUT2D eigenvalue weighted by molar-refractivity contribution is 5.84. The largest absolute Gasteiger partial charge is 0.466 e. The first-order chi connectivity index (χ1) is 8.10. The van der Waals surface area contributed by atoms with Crippen LogP contribution in [0, 0.1) is 5.41 Å². The summed E-state index contributed by atoms with van der Waals surface area (Å²) < 4.78 is 5.24. The van der Waals surface area contributed by atoms with E-state index in [1.54, 1.807) is 0 Å². The van der Waals surface area contributed by atoms with Crippen LogP contribution in [-0.2, 0) is 14.9 Å². The number of esters is 1. The average molecular weight is 232 g/mol. The summed E-state index contributed by atoms with van der Waals surface area (Å²) in [6.45, 7) is 6.57. The molecule has 1 aromatic rings. The maximum absolute atomic E-state index is 12.1. The Labute approximate surface area is 103 Å². The molecule has 0 bridgehead atoms. The average Bonchev–Trinajstić information content (AvgIpc) is 3.00. The predicted octanol–water partition coefficient (Wildman–Crippen LogP) is 3.31. The van der Waals surface area contributed by atoms with Crippen LogP contribution < -0.4 is 0 Å². The molecule has 2 rings (SSSR count). The molecule has 1 fully saturated rings. The van der Waals surface area contributed by atoms with Gasteiger partial charge >= 0.3 is 5.97 Å². The van der Waals surface area contributed by atoms with E-state index in [9.17, 15) is 4.79 Å². The Morgan fingerprint density at radius 3 is 2.47 bits per heavy atom. The molecule has 0 spiro atoms. The number of rotatable bonds is 4. The van der Waals surface area contributed by atoms with Gasteiger partial charge in [-0.1, -0.05) is 44.2 Å². The third-order valence-electron chi connectivity index (χ3n) is 4.27. The van der Waals surface area contributed by atoms with Gasteiger partial charge in [-0.2, -0.15) is 0 Å². The lowest BCUT2D eigenvalue weighted by molar-refractivity contribution is -0.150. The van der Waals surface area contributed by atoms with Crippen molar-refractivity contribution in [3.63, 3.8) is 0 Å². The van der Waals surface area contributed by atoms with Crippen LogP contribution >= 0.6 is 0 Å². The highest BCUT2D eigenvalue weighted by Crippen LogP contribution is 2.66. The summed E-state index contributed by atoms with van der Waals surface area (Å²) in [5.74, 6) is -0.0335. The van der Waals surface area contributed by atoms with Gasteiger partial charge in [-0.25, -0.2) is 0 Å². The summed E-state index contributed by atoms with van der Waals surface area (Å²) in [6, 6.07) is 10.3. The van der Waals surface area contributed by atoms with E-state index < -0.39 is 0 Å². The van der Waals surface area contributed by atoms with Crippen molar-refractivity contribution in [2.45, 2.75) is 39.0 Å². The number of hydrogen-bond donors (Lipinski definition) is 0. The quantitative estimate of drug-likeness (QED) is 0.744. The van der Waals surface area contributed by atoms with Crippen molar-refractivity contribution >= 4 is 5.97 Å². The monoisotopic (exact) mass is 232 g/mol. The molecule has 0 aliphatic heterocycles. The van der Waals surface area contributed by atoms with E-state index in [1.807, 2.05) is 25.1 Å². The van der Waals surface area contributed by atoms with Gasteiger partial charge in [0.15, 0.2) is 0 Å². The maximum Gasteiger partial charge on any atom is 0.312 e. The van der Waals surface area contributed by atoms with Crippen molar-refractivity contribution < 1.29 is 9.53 Å². The van der Waals surface area contributed by atoms with Crippen LogP contribution in [0.2, 0.25) is 0 Å². The molecule has 0 unspecified atom stereocenters. The Morgan fingerprint density at radius 1 is 1.29 bits per heavy atom. The zero-order valence-electron chi connectivity index (χ0n) is 10.8. The fraction of sp³-hybridized carbons (Fsp3) is 0.533. The van der Waals surface area contributed by atoms with Crippen molar-refractivity contribution in [3.8, 4) is 0 Å². The molecule has 0 heterocycles. The molecule has 17 heavy (non-hydrogen) atoms. The summed E-state index contributed by atoms with van der Waals surface area (Å²) in [5, 5.41) is 0. The van der Waals surface area contributed by atoms with E-state index in [1.165, 1.54) is 5.56 Å². The van der Waals surface area contributed by atoms with Gasteiger partial charge in [-0.3, -0.25) is 4.79 Å². The van der Waals surface area contributed by atoms with Crippen LogP contribution in [0.3, 0.4) is 0 Å². The summed E-state index contributed by atoms with van der Waals surface area (Å²) in [4.78, 5) is 12.1. The topological polar surface area (TPSA) is 26.3 Å². The van der Waals surface area contributed by atoms with Crippen molar-refractivity contribution in [2.24, 2.45) is 5.41 Å². The number of benzene rings is 1. The van der Waals surface area contributed by atoms with Crippen LogP contribution in [0.5, 0.6) is 0 Å². The molecule has 2 atom stereocenters. The lowest BCUT2D eigenvalue weighted by Crippen LogP contribution is -2.26. The smallest absolute Gasteiger partial charge is 0.312 e. The molecule has 0 saturated heterocycles. The zero-order valence-corrected chi connectivity index (χ0v) is 10.8. The molecule has 92 valence electrons. The Bertz CT molecular complexity index is 412. The molecule has 0 amide bonds. The molecular weight excluding hydrogens is 212 g/mol. The molecule has 1 aliphatic carbocycles. The van der Waals surface area contributed by atoms with Gasteiger partial charge in [-0.15, -0.1) is 0 Å². The Kier molecular flexibility index (Phi) is 2.98. The van der Waals surface area contributed by atoms with Gasteiger partial charge in [0.25, 0.3) is 0 Å². The minimum absolute atomic E-state index is 0.0335. The zero-order chi connectivity index (χ0) is 12.5. The molecule has 1 aliphatic rings. The number of carbonyl (C=O) groups excluding carboxylic acids is 1. The van der Waals surface area contributed by atoms with E-state index in [0.717, 1.165) is 12.8 Å². The number of hydrogen-bond acceptors (Lipinski definition) is 2. The van der Waals surface area contributed by atoms with Gasteiger partial charge in [0, 0.05) is 5.41 Å². The summed E-state index contributed by atoms with van der Waals surface area (Å²) in [6.07, 6.45) is 1.75. The molecule has 1 aromatic carbocycles. The lowest BCUT2D eigenvalue weighted by Gasteiger charge is -2.20. The lowest BCUT2D eigenvalue weighted by atomic mass is 9.86. The van der Waals surface area contributed by atoms with Crippen LogP contribution in [0.25, 0.3) is 0 Å². The summed E-state index contributed by atoms with van der Waals surface area (Å²) >= 11 is 0. The normalized spacial score (nSPS) is 31.0. The second-order valence-electron chi connectivity index (χ2n) is 5.03. The third kappa shape index (κ3) is 1.67. The SMILES string of the molecule is CCOC(=O)[C@@]1(CC)C[C@]1(C)c1ccccc1. The second kappa shape index (κ2) is 4.17. The Balaban J connectivity index is 2.28. The Hall–Kier alpha value is -1.31. The van der Waals surface area contributed by atoms with E-state index >= 15 is 0 Å². The van der Waals surface area contributed by atoms with Crippen molar-refractivity contribution in [2.75, 3.05) is 6.61 Å². The van der Waals surface area contributed by atoms with Crippen LogP contribution in [0.15, 0.2) is 30.3 Å². The summed E-state index contributed by atoms with van der Waals surface area (Å²) in [5.41, 5.74) is 0.898. The molecule has 2 heteroatoms. The van der Waals surface area contributed by atoms with Crippen LogP contribution in [-0.4, -0.2) is 12.6 Å². The van der Waals surface area contributed by atoms with Gasteiger partial charge in [0.1, 0.15) is 0 Å². The Morgan fingerprint density at radius 2 is 1.94 bits per heavy atom. The minimum atomic E-state index is -0.301. The van der Waals surface area contributed by atoms with Gasteiger partial charge in [0.2, 0.25) is 0 Å². The molecule has 2 nitrogen and oxygen atoms in total. The number of ether oxygens (including phenoxy) is 1. The fourth-order valence-corrected chi connectivity index (χ4v) is 2.97. The molecule has 0 radical (unpaired) electrons. The van der Waals surface area contributed by atoms with E-state index in [0.29, 0.717) is 6.61 Å². The second-order valence-corrected chi connectivity index (χ2v) is 5.03. The van der Waals surface area contributed by atoms with Crippen LogP contribution in [0.1, 0.15) is 39.2 Å². The first-order valence-electron chi connectivity index (χ1n) is 6.33. The fourth-order valence-electron chi connectivity index (χ4n) is 2.97. The first kappa shape index (κ1) is 12.2. The molecule has 0 aromatic heterocycles. The van der Waals surface area contributed by atoms with E-state index in [-0.39, 0.29) is 16.8 Å². The van der Waals surface area contributed by atoms with Gasteiger partial charge < -0.3 is 4.74 Å². The first-order valence-corrected chi connectivity index (χ1v) is 6.33. The molecule has 0 N–H and O–H groups in total. The van der Waals surface area contributed by atoms with Gasteiger partial charge in [0.05, 0.1) is 12.0 Å².